The number of halogens is 4. The number of carbonyl (C=O) groups is 1. The van der Waals surface area contributed by atoms with Gasteiger partial charge < -0.3 is 9.80 Å². The van der Waals surface area contributed by atoms with Gasteiger partial charge in [-0.3, -0.25) is 4.79 Å². The number of piperazine rings is 1. The minimum absolute atomic E-state index is 0.0158. The molecule has 9 heteroatoms. The fraction of sp³-hybridized carbons (Fsp3) is 0.412. The highest BCUT2D eigenvalue weighted by atomic mass is 35.5. The van der Waals surface area contributed by atoms with Crippen LogP contribution in [0.4, 0.5) is 19.0 Å². The van der Waals surface area contributed by atoms with Crippen molar-refractivity contribution < 1.29 is 18.0 Å². The van der Waals surface area contributed by atoms with Crippen LogP contribution in [-0.2, 0) is 6.18 Å². The van der Waals surface area contributed by atoms with Crippen molar-refractivity contribution in [2.45, 2.75) is 20.0 Å². The van der Waals surface area contributed by atoms with Gasteiger partial charge in [0.25, 0.3) is 5.91 Å². The molecular weight excluding hydrogens is 387 g/mol. The summed E-state index contributed by atoms with van der Waals surface area (Å²) in [4.78, 5) is 22.2. The summed E-state index contributed by atoms with van der Waals surface area (Å²) < 4.78 is 38.2. The second kappa shape index (κ2) is 7.08. The van der Waals surface area contributed by atoms with Gasteiger partial charge in [-0.2, -0.15) is 13.2 Å². The smallest absolute Gasteiger partial charge is 0.352 e. The van der Waals surface area contributed by atoms with Gasteiger partial charge in [-0.15, -0.1) is 11.3 Å². The molecule has 4 nitrogen and oxygen atoms in total. The molecule has 2 aromatic heterocycles. The number of pyridine rings is 1. The van der Waals surface area contributed by atoms with Crippen LogP contribution in [0.25, 0.3) is 0 Å². The number of rotatable bonds is 2. The lowest BCUT2D eigenvalue weighted by Crippen LogP contribution is -2.49. The van der Waals surface area contributed by atoms with Gasteiger partial charge in [0.05, 0.1) is 16.1 Å². The molecule has 0 N–H and O–H groups in total. The van der Waals surface area contributed by atoms with Crippen molar-refractivity contribution in [2.75, 3.05) is 31.1 Å². The van der Waals surface area contributed by atoms with Crippen molar-refractivity contribution in [1.29, 1.82) is 0 Å². The van der Waals surface area contributed by atoms with Gasteiger partial charge in [-0.1, -0.05) is 11.6 Å². The Hall–Kier alpha value is -1.80. The van der Waals surface area contributed by atoms with E-state index in [4.69, 9.17) is 11.6 Å². The summed E-state index contributed by atoms with van der Waals surface area (Å²) in [5.41, 5.74) is -0.157. The number of aryl methyl sites for hydroxylation is 2. The van der Waals surface area contributed by atoms with Crippen LogP contribution >= 0.6 is 22.9 Å². The van der Waals surface area contributed by atoms with Crippen molar-refractivity contribution in [3.8, 4) is 0 Å². The van der Waals surface area contributed by atoms with Gasteiger partial charge in [-0.25, -0.2) is 4.98 Å². The predicted molar refractivity (Wildman–Crippen MR) is 96.2 cm³/mol. The Morgan fingerprint density at radius 2 is 1.85 bits per heavy atom. The van der Waals surface area contributed by atoms with Gasteiger partial charge in [0.1, 0.15) is 5.82 Å². The third-order valence-electron chi connectivity index (χ3n) is 4.29. The molecule has 0 saturated carbocycles. The number of amides is 1. The normalized spacial score (nSPS) is 15.5. The monoisotopic (exact) mass is 403 g/mol. The highest BCUT2D eigenvalue weighted by Gasteiger charge is 2.32. The van der Waals surface area contributed by atoms with Crippen LogP contribution in [0.15, 0.2) is 18.3 Å². The molecule has 0 radical (unpaired) electrons. The van der Waals surface area contributed by atoms with Gasteiger partial charge in [0.2, 0.25) is 0 Å². The van der Waals surface area contributed by atoms with Gasteiger partial charge in [0.15, 0.2) is 0 Å². The van der Waals surface area contributed by atoms with Crippen LogP contribution in [0.1, 0.15) is 25.7 Å². The topological polar surface area (TPSA) is 36.4 Å². The van der Waals surface area contributed by atoms with Crippen molar-refractivity contribution in [3.05, 3.63) is 44.2 Å². The van der Waals surface area contributed by atoms with E-state index < -0.39 is 11.7 Å². The summed E-state index contributed by atoms with van der Waals surface area (Å²) >= 11 is 7.59. The van der Waals surface area contributed by atoms with E-state index in [0.29, 0.717) is 37.6 Å². The first-order valence-electron chi connectivity index (χ1n) is 8.01. The highest BCUT2D eigenvalue weighted by molar-refractivity contribution is 7.12. The van der Waals surface area contributed by atoms with E-state index >= 15 is 0 Å². The van der Waals surface area contributed by atoms with Crippen LogP contribution in [0, 0.1) is 13.8 Å². The number of nitrogens with zero attached hydrogens (tertiary/aromatic N) is 3. The quantitative estimate of drug-likeness (QED) is 0.746. The fourth-order valence-corrected chi connectivity index (χ4v) is 4.16. The zero-order chi connectivity index (χ0) is 19.1. The third-order valence-corrected chi connectivity index (χ3v) is 5.53. The Kier molecular flexibility index (Phi) is 5.16. The molecule has 140 valence electrons. The third kappa shape index (κ3) is 3.81. The molecule has 0 aliphatic carbocycles. The summed E-state index contributed by atoms with van der Waals surface area (Å²) in [6.45, 7) is 5.74. The number of aromatic nitrogens is 1. The molecule has 0 atom stereocenters. The minimum Gasteiger partial charge on any atom is -0.352 e. The number of alkyl halides is 3. The lowest BCUT2D eigenvalue weighted by molar-refractivity contribution is -0.137. The second-order valence-electron chi connectivity index (χ2n) is 6.13. The molecule has 1 aliphatic rings. The summed E-state index contributed by atoms with van der Waals surface area (Å²) in [7, 11) is 0. The Morgan fingerprint density at radius 3 is 2.35 bits per heavy atom. The fourth-order valence-electron chi connectivity index (χ4n) is 2.95. The lowest BCUT2D eigenvalue weighted by atomic mass is 10.2. The average molecular weight is 404 g/mol. The Labute approximate surface area is 158 Å². The molecule has 1 fully saturated rings. The van der Waals surface area contributed by atoms with Crippen LogP contribution in [0.2, 0.25) is 5.02 Å². The summed E-state index contributed by atoms with van der Waals surface area (Å²) in [6.07, 6.45) is -3.69. The maximum absolute atomic E-state index is 12.7. The molecule has 0 unspecified atom stereocenters. The van der Waals surface area contributed by atoms with Crippen molar-refractivity contribution in [3.63, 3.8) is 0 Å². The molecule has 26 heavy (non-hydrogen) atoms. The number of carbonyl (C=O) groups excluding carboxylic acids is 1. The SMILES string of the molecule is Cc1cc(C(=O)N2CCN(c3ncc(C(F)(F)F)cc3Cl)CC2)c(C)s1. The second-order valence-corrected chi connectivity index (χ2v) is 8.00. The van der Waals surface area contributed by atoms with E-state index in [1.807, 2.05) is 19.9 Å². The number of hydrogen-bond donors (Lipinski definition) is 0. The Balaban J connectivity index is 1.69. The number of hydrogen-bond acceptors (Lipinski definition) is 4. The molecule has 3 heterocycles. The Bertz CT molecular complexity index is 829. The molecular formula is C17H17ClF3N3OS. The number of thiophene rings is 1. The number of anilines is 1. The van der Waals surface area contributed by atoms with Crippen molar-refractivity contribution in [1.82, 2.24) is 9.88 Å². The minimum atomic E-state index is -4.48. The van der Waals surface area contributed by atoms with E-state index in [2.05, 4.69) is 4.98 Å². The molecule has 1 amide bonds. The lowest BCUT2D eigenvalue weighted by Gasteiger charge is -2.35. The van der Waals surface area contributed by atoms with Crippen molar-refractivity contribution in [2.24, 2.45) is 0 Å². The van der Waals surface area contributed by atoms with E-state index in [0.717, 1.165) is 22.0 Å². The first-order chi connectivity index (χ1) is 12.2. The molecule has 2 aromatic rings. The van der Waals surface area contributed by atoms with Crippen LogP contribution in [0.5, 0.6) is 0 Å². The molecule has 0 spiro atoms. The van der Waals surface area contributed by atoms with Crippen molar-refractivity contribution >= 4 is 34.7 Å². The molecule has 0 aromatic carbocycles. The maximum atomic E-state index is 12.7. The molecule has 1 saturated heterocycles. The van der Waals surface area contributed by atoms with E-state index in [9.17, 15) is 18.0 Å². The molecule has 1 aliphatic heterocycles. The maximum Gasteiger partial charge on any atom is 0.417 e. The van der Waals surface area contributed by atoms with Gasteiger partial charge in [0, 0.05) is 42.1 Å². The van der Waals surface area contributed by atoms with Gasteiger partial charge >= 0.3 is 6.18 Å². The predicted octanol–water partition coefficient (Wildman–Crippen LogP) is 4.39. The standard InChI is InChI=1S/C17H17ClF3N3OS/c1-10-7-13(11(2)26-10)16(25)24-5-3-23(4-6-24)15-14(18)8-12(9-22-15)17(19,20)21/h7-9H,3-6H2,1-2H3. The summed E-state index contributed by atoms with van der Waals surface area (Å²) in [5, 5.41) is -0.0381. The highest BCUT2D eigenvalue weighted by Crippen LogP contribution is 2.34. The van der Waals surface area contributed by atoms with Crippen LogP contribution < -0.4 is 4.90 Å². The first-order valence-corrected chi connectivity index (χ1v) is 9.20. The van der Waals surface area contributed by atoms with Crippen LogP contribution in [0.3, 0.4) is 0 Å². The molecule has 0 bridgehead atoms. The zero-order valence-electron chi connectivity index (χ0n) is 14.2. The van der Waals surface area contributed by atoms with E-state index in [-0.39, 0.29) is 10.9 Å². The van der Waals surface area contributed by atoms with E-state index in [1.54, 1.807) is 21.1 Å². The summed E-state index contributed by atoms with van der Waals surface area (Å²) in [5.74, 6) is 0.298. The largest absolute Gasteiger partial charge is 0.417 e. The van der Waals surface area contributed by atoms with Gasteiger partial charge in [-0.05, 0) is 26.0 Å². The summed E-state index contributed by atoms with van der Waals surface area (Å²) in [6, 6.07) is 2.78. The van der Waals surface area contributed by atoms with E-state index in [1.165, 1.54) is 0 Å². The Morgan fingerprint density at radius 1 is 1.19 bits per heavy atom. The average Bonchev–Trinajstić information content (AvgIpc) is 2.92. The zero-order valence-corrected chi connectivity index (χ0v) is 15.8. The first kappa shape index (κ1) is 19.0. The molecule has 3 rings (SSSR count). The van der Waals surface area contributed by atoms with Crippen LogP contribution in [-0.4, -0.2) is 42.0 Å².